The van der Waals surface area contributed by atoms with Crippen LogP contribution in [0.4, 0.5) is 0 Å². The summed E-state index contributed by atoms with van der Waals surface area (Å²) in [6, 6.07) is 0. The largest absolute Gasteiger partial charge is 0.458 e. The van der Waals surface area contributed by atoms with E-state index in [1.165, 1.54) is 6.08 Å². The Kier molecular flexibility index (Phi) is 3.88. The highest BCUT2D eigenvalue weighted by molar-refractivity contribution is 7.12. The molecule has 1 saturated carbocycles. The van der Waals surface area contributed by atoms with Crippen LogP contribution in [0, 0.1) is 18.3 Å². The molecule has 1 aliphatic heterocycles. The molecule has 114 valence electrons. The second-order valence-corrected chi connectivity index (χ2v) is 7.66. The molecule has 3 rings (SSSR count). The molecule has 4 nitrogen and oxygen atoms in total. The zero-order valence-corrected chi connectivity index (χ0v) is 13.5. The number of aryl methyl sites for hydroxylation is 1. The number of hydrogen-bond acceptors (Lipinski definition) is 5. The van der Waals surface area contributed by atoms with Crippen LogP contribution in [0.15, 0.2) is 12.3 Å². The molecule has 5 heteroatoms. The first-order chi connectivity index (χ1) is 9.98. The molecule has 0 aromatic carbocycles. The van der Waals surface area contributed by atoms with Crippen LogP contribution in [0.3, 0.4) is 0 Å². The van der Waals surface area contributed by atoms with E-state index in [2.05, 4.69) is 18.8 Å². The molecule has 0 N–H and O–H groups in total. The number of nitrogens with zero attached hydrogens (tertiary/aromatic N) is 1. The number of carbonyl (C=O) groups excluding carboxylic acids is 1. The minimum atomic E-state index is -0.275. The molecule has 0 spiro atoms. The first-order valence-corrected chi connectivity index (χ1v) is 8.23. The van der Waals surface area contributed by atoms with E-state index >= 15 is 0 Å². The van der Waals surface area contributed by atoms with Crippen LogP contribution in [0.2, 0.25) is 0 Å². The van der Waals surface area contributed by atoms with E-state index in [9.17, 15) is 4.79 Å². The van der Waals surface area contributed by atoms with Crippen LogP contribution in [-0.4, -0.2) is 29.8 Å². The first kappa shape index (κ1) is 14.7. The van der Waals surface area contributed by atoms with Gasteiger partial charge in [-0.1, -0.05) is 13.8 Å². The average Bonchev–Trinajstić information content (AvgIpc) is 2.88. The summed E-state index contributed by atoms with van der Waals surface area (Å²) < 4.78 is 11.5. The molecule has 0 radical (unpaired) electrons. The summed E-state index contributed by atoms with van der Waals surface area (Å²) in [5, 5.41) is 0.991. The lowest BCUT2D eigenvalue weighted by molar-refractivity contribution is -0.252. The van der Waals surface area contributed by atoms with Crippen molar-refractivity contribution in [3.05, 3.63) is 22.2 Å². The molecule has 2 aliphatic rings. The third-order valence-electron chi connectivity index (χ3n) is 4.49. The molecule has 1 saturated heterocycles. The SMILES string of the molecule is Cc1ncc(/C=C/C(=O)OC2C3CCCOC3C2(C)C)s1. The number of carbonyl (C=O) groups is 1. The van der Waals surface area contributed by atoms with E-state index < -0.39 is 0 Å². The van der Waals surface area contributed by atoms with Gasteiger partial charge in [0.05, 0.1) is 11.1 Å². The fraction of sp³-hybridized carbons (Fsp3) is 0.625. The Hall–Kier alpha value is -1.20. The molecule has 2 heterocycles. The van der Waals surface area contributed by atoms with Crippen LogP contribution in [-0.2, 0) is 14.3 Å². The molecular weight excluding hydrogens is 286 g/mol. The molecule has 1 aromatic heterocycles. The molecule has 0 bridgehead atoms. The van der Waals surface area contributed by atoms with Crippen LogP contribution >= 0.6 is 11.3 Å². The van der Waals surface area contributed by atoms with Gasteiger partial charge in [-0.3, -0.25) is 0 Å². The van der Waals surface area contributed by atoms with Gasteiger partial charge in [-0.15, -0.1) is 11.3 Å². The molecule has 1 aromatic rings. The lowest BCUT2D eigenvalue weighted by Crippen LogP contribution is -2.65. The highest BCUT2D eigenvalue weighted by atomic mass is 32.1. The molecular formula is C16H21NO3S. The van der Waals surface area contributed by atoms with Crippen LogP contribution < -0.4 is 0 Å². The first-order valence-electron chi connectivity index (χ1n) is 7.41. The smallest absolute Gasteiger partial charge is 0.331 e. The number of fused-ring (bicyclic) bond motifs is 1. The maximum atomic E-state index is 12.0. The van der Waals surface area contributed by atoms with Crippen molar-refractivity contribution in [3.8, 4) is 0 Å². The zero-order valence-electron chi connectivity index (χ0n) is 12.7. The number of hydrogen-bond donors (Lipinski definition) is 0. The molecule has 3 atom stereocenters. The van der Waals surface area contributed by atoms with Crippen molar-refractivity contribution in [2.45, 2.75) is 45.8 Å². The highest BCUT2D eigenvalue weighted by Gasteiger charge is 2.60. The van der Waals surface area contributed by atoms with Gasteiger partial charge in [-0.2, -0.15) is 0 Å². The highest BCUT2D eigenvalue weighted by Crippen LogP contribution is 2.52. The third-order valence-corrected chi connectivity index (χ3v) is 5.37. The van der Waals surface area contributed by atoms with Crippen molar-refractivity contribution in [3.63, 3.8) is 0 Å². The second kappa shape index (κ2) is 5.54. The monoisotopic (exact) mass is 307 g/mol. The predicted octanol–water partition coefficient (Wildman–Crippen LogP) is 3.21. The number of esters is 1. The lowest BCUT2D eigenvalue weighted by Gasteiger charge is -2.58. The van der Waals surface area contributed by atoms with E-state index in [0.717, 1.165) is 29.3 Å². The van der Waals surface area contributed by atoms with Gasteiger partial charge in [0.15, 0.2) is 0 Å². The molecule has 1 aliphatic carbocycles. The summed E-state index contributed by atoms with van der Waals surface area (Å²) in [7, 11) is 0. The van der Waals surface area contributed by atoms with E-state index in [0.29, 0.717) is 5.92 Å². The van der Waals surface area contributed by atoms with E-state index in [1.807, 2.05) is 6.92 Å². The molecule has 21 heavy (non-hydrogen) atoms. The third kappa shape index (κ3) is 2.77. The summed E-state index contributed by atoms with van der Waals surface area (Å²) in [4.78, 5) is 17.2. The second-order valence-electron chi connectivity index (χ2n) is 6.39. The summed E-state index contributed by atoms with van der Waals surface area (Å²) in [6.07, 6.45) is 7.38. The fourth-order valence-electron chi connectivity index (χ4n) is 3.48. The number of ether oxygens (including phenoxy) is 2. The van der Waals surface area contributed by atoms with Gasteiger partial charge in [-0.05, 0) is 25.8 Å². The van der Waals surface area contributed by atoms with Gasteiger partial charge in [0.2, 0.25) is 0 Å². The van der Waals surface area contributed by atoms with Crippen molar-refractivity contribution in [2.24, 2.45) is 11.3 Å². The van der Waals surface area contributed by atoms with E-state index in [4.69, 9.17) is 9.47 Å². The lowest BCUT2D eigenvalue weighted by atomic mass is 9.57. The van der Waals surface area contributed by atoms with Crippen LogP contribution in [0.5, 0.6) is 0 Å². The van der Waals surface area contributed by atoms with Gasteiger partial charge < -0.3 is 9.47 Å². The fourth-order valence-corrected chi connectivity index (χ4v) is 4.17. The van der Waals surface area contributed by atoms with E-state index in [-0.39, 0.29) is 23.6 Å². The Morgan fingerprint density at radius 2 is 2.38 bits per heavy atom. The summed E-state index contributed by atoms with van der Waals surface area (Å²) in [5.41, 5.74) is -0.0876. The molecule has 2 fully saturated rings. The summed E-state index contributed by atoms with van der Waals surface area (Å²) >= 11 is 1.56. The number of aromatic nitrogens is 1. The Bertz CT molecular complexity index is 564. The Balaban J connectivity index is 1.61. The van der Waals surface area contributed by atoms with Crippen molar-refractivity contribution in [1.82, 2.24) is 4.98 Å². The topological polar surface area (TPSA) is 48.4 Å². The van der Waals surface area contributed by atoms with E-state index in [1.54, 1.807) is 23.6 Å². The summed E-state index contributed by atoms with van der Waals surface area (Å²) in [6.45, 7) is 7.01. The minimum Gasteiger partial charge on any atom is -0.458 e. The normalized spacial score (nSPS) is 30.7. The maximum Gasteiger partial charge on any atom is 0.331 e. The van der Waals surface area contributed by atoms with Crippen molar-refractivity contribution in [1.29, 1.82) is 0 Å². The summed E-state index contributed by atoms with van der Waals surface area (Å²) in [5.74, 6) is 0.0832. The average molecular weight is 307 g/mol. The van der Waals surface area contributed by atoms with Gasteiger partial charge in [0.25, 0.3) is 0 Å². The van der Waals surface area contributed by atoms with Crippen LogP contribution in [0.25, 0.3) is 6.08 Å². The maximum absolute atomic E-state index is 12.0. The Morgan fingerprint density at radius 3 is 3.10 bits per heavy atom. The Labute approximate surface area is 129 Å². The zero-order chi connectivity index (χ0) is 15.0. The number of thiazole rings is 1. The minimum absolute atomic E-state index is 0.0388. The van der Waals surface area contributed by atoms with Crippen molar-refractivity contribution >= 4 is 23.4 Å². The van der Waals surface area contributed by atoms with Gasteiger partial charge in [0.1, 0.15) is 6.10 Å². The van der Waals surface area contributed by atoms with Crippen molar-refractivity contribution in [2.75, 3.05) is 6.61 Å². The van der Waals surface area contributed by atoms with Gasteiger partial charge in [-0.25, -0.2) is 9.78 Å². The van der Waals surface area contributed by atoms with Crippen LogP contribution in [0.1, 0.15) is 36.6 Å². The Morgan fingerprint density at radius 1 is 1.57 bits per heavy atom. The quantitative estimate of drug-likeness (QED) is 0.635. The number of rotatable bonds is 3. The van der Waals surface area contributed by atoms with Gasteiger partial charge >= 0.3 is 5.97 Å². The van der Waals surface area contributed by atoms with Gasteiger partial charge in [0, 0.05) is 35.1 Å². The molecule has 3 unspecified atom stereocenters. The molecule has 0 amide bonds. The van der Waals surface area contributed by atoms with Crippen molar-refractivity contribution < 1.29 is 14.3 Å². The standard InChI is InChI=1S/C16H21NO3S/c1-10-17-9-11(21-10)6-7-13(18)20-15-12-5-4-8-19-14(12)16(15,2)3/h6-7,9,12,14-15H,4-5,8H2,1-3H3/b7-6+. The predicted molar refractivity (Wildman–Crippen MR) is 82.0 cm³/mol.